The molecule has 10 nitrogen and oxygen atoms in total. The van der Waals surface area contributed by atoms with Gasteiger partial charge in [-0.3, -0.25) is 4.99 Å². The molecule has 0 aromatic rings. The van der Waals surface area contributed by atoms with Crippen LogP contribution in [0.25, 0.3) is 0 Å². The topological polar surface area (TPSA) is 172 Å². The van der Waals surface area contributed by atoms with Crippen LogP contribution in [0.4, 0.5) is 0 Å². The van der Waals surface area contributed by atoms with Crippen molar-refractivity contribution in [1.82, 2.24) is 0 Å². The van der Waals surface area contributed by atoms with Gasteiger partial charge in [-0.15, -0.1) is 0 Å². The van der Waals surface area contributed by atoms with E-state index >= 15 is 0 Å². The van der Waals surface area contributed by atoms with Gasteiger partial charge in [0.2, 0.25) is 0 Å². The van der Waals surface area contributed by atoms with Crippen LogP contribution in [0.3, 0.4) is 0 Å². The zero-order valence-electron chi connectivity index (χ0n) is 13.1. The van der Waals surface area contributed by atoms with Crippen LogP contribution in [0.1, 0.15) is 13.3 Å². The standard InChI is InChI=1S/C12H21NO9.Na/c1-5(15)13-8-6(16)3-12(21-2,11(19)20)22-10(8)9(18)7(17)4-14;/h6-10,14,16-18H,3-4H2,1-2H3,(H,13,15)(H,19,20);/q;+1/p-1/t6-,7+,8+,9+,10+,12+;/m0./s1. The molecular weight excluding hydrogens is 325 g/mol. The van der Waals surface area contributed by atoms with Crippen molar-refractivity contribution >= 4 is 11.9 Å². The molecule has 11 heteroatoms. The molecule has 0 aromatic heterocycles. The average molecular weight is 345 g/mol. The van der Waals surface area contributed by atoms with Gasteiger partial charge in [0.05, 0.1) is 12.7 Å². The summed E-state index contributed by atoms with van der Waals surface area (Å²) in [5.41, 5.74) is 0. The fraction of sp³-hybridized carbons (Fsp3) is 0.833. The summed E-state index contributed by atoms with van der Waals surface area (Å²) in [6, 6.07) is -1.31. The summed E-state index contributed by atoms with van der Waals surface area (Å²) in [6.45, 7) is 0.269. The minimum absolute atomic E-state index is 0. The number of carbonyl (C=O) groups is 1. The quantitative estimate of drug-likeness (QED) is 0.178. The summed E-state index contributed by atoms with van der Waals surface area (Å²) in [6.07, 6.45) is -7.03. The summed E-state index contributed by atoms with van der Waals surface area (Å²) in [5.74, 6) is -4.49. The van der Waals surface area contributed by atoms with Gasteiger partial charge in [0.15, 0.2) is 0 Å². The van der Waals surface area contributed by atoms with Crippen LogP contribution in [0.15, 0.2) is 4.99 Å². The number of aliphatic carboxylic acids is 1. The van der Waals surface area contributed by atoms with Gasteiger partial charge in [-0.1, -0.05) is 0 Å². The fourth-order valence-electron chi connectivity index (χ4n) is 2.28. The van der Waals surface area contributed by atoms with E-state index in [2.05, 4.69) is 4.99 Å². The number of rotatable bonds is 6. The fourth-order valence-corrected chi connectivity index (χ4v) is 2.28. The first-order valence-corrected chi connectivity index (χ1v) is 6.51. The third-order valence-corrected chi connectivity index (χ3v) is 3.44. The average Bonchev–Trinajstić information content (AvgIpc) is 2.46. The Morgan fingerprint density at radius 2 is 2.09 bits per heavy atom. The molecule has 6 atom stereocenters. The Kier molecular flexibility index (Phi) is 9.13. The van der Waals surface area contributed by atoms with Crippen molar-refractivity contribution in [1.29, 1.82) is 0 Å². The molecular formula is C12H20NNaO9. The maximum atomic E-state index is 11.3. The van der Waals surface area contributed by atoms with Crippen molar-refractivity contribution < 1.29 is 74.5 Å². The second kappa shape index (κ2) is 9.25. The number of methoxy groups -OCH3 is 1. The minimum Gasteiger partial charge on any atom is -0.862 e. The molecule has 1 rings (SSSR count). The molecule has 0 saturated carbocycles. The zero-order chi connectivity index (χ0) is 17.1. The van der Waals surface area contributed by atoms with E-state index in [0.717, 1.165) is 14.0 Å². The number of nitrogens with zero attached hydrogens (tertiary/aromatic N) is 1. The van der Waals surface area contributed by atoms with Gasteiger partial charge >= 0.3 is 35.5 Å². The second-order valence-electron chi connectivity index (χ2n) is 5.00. The smallest absolute Gasteiger partial charge is 0.862 e. The molecule has 0 unspecified atom stereocenters. The molecule has 0 amide bonds. The van der Waals surface area contributed by atoms with E-state index < -0.39 is 61.1 Å². The van der Waals surface area contributed by atoms with Crippen LogP contribution in [-0.4, -0.2) is 87.4 Å². The molecule has 1 saturated heterocycles. The van der Waals surface area contributed by atoms with Crippen molar-refractivity contribution in [3.8, 4) is 0 Å². The minimum atomic E-state index is -2.26. The van der Waals surface area contributed by atoms with Crippen molar-refractivity contribution in [2.75, 3.05) is 13.7 Å². The number of aliphatic hydroxyl groups excluding tert-OH is 4. The Bertz CT molecular complexity index is 431. The summed E-state index contributed by atoms with van der Waals surface area (Å²) < 4.78 is 10.00. The molecule has 0 aliphatic carbocycles. The van der Waals surface area contributed by atoms with E-state index in [1.807, 2.05) is 0 Å². The second-order valence-corrected chi connectivity index (χ2v) is 5.00. The first-order chi connectivity index (χ1) is 10.2. The van der Waals surface area contributed by atoms with Crippen molar-refractivity contribution in [3.63, 3.8) is 0 Å². The number of carboxylic acids is 1. The third kappa shape index (κ3) is 5.08. The Morgan fingerprint density at radius 3 is 2.48 bits per heavy atom. The summed E-state index contributed by atoms with van der Waals surface area (Å²) in [4.78, 5) is 14.9. The van der Waals surface area contributed by atoms with Gasteiger partial charge in [0.25, 0.3) is 5.79 Å². The van der Waals surface area contributed by atoms with Gasteiger partial charge in [0.1, 0.15) is 24.4 Å². The number of hydrogen-bond acceptors (Lipinski definition) is 9. The predicted molar refractivity (Wildman–Crippen MR) is 68.9 cm³/mol. The van der Waals surface area contributed by atoms with E-state index in [1.165, 1.54) is 0 Å². The Labute approximate surface area is 154 Å². The number of aliphatic imine (C=N–C) groups is 1. The first-order valence-electron chi connectivity index (χ1n) is 6.51. The number of carboxylic acid groups (broad SMARTS) is 1. The molecule has 0 bridgehead atoms. The van der Waals surface area contributed by atoms with Gasteiger partial charge < -0.3 is 40.1 Å². The summed E-state index contributed by atoms with van der Waals surface area (Å²) in [5, 5.41) is 58.9. The molecule has 5 N–H and O–H groups in total. The van der Waals surface area contributed by atoms with E-state index in [9.17, 15) is 30.3 Å². The summed E-state index contributed by atoms with van der Waals surface area (Å²) in [7, 11) is 1.04. The Morgan fingerprint density at radius 1 is 1.52 bits per heavy atom. The molecule has 0 radical (unpaired) electrons. The first kappa shape index (κ1) is 22.7. The maximum Gasteiger partial charge on any atom is 1.00 e. The maximum absolute atomic E-state index is 11.3. The van der Waals surface area contributed by atoms with Gasteiger partial charge in [-0.2, -0.15) is 0 Å². The molecule has 1 aliphatic heterocycles. The van der Waals surface area contributed by atoms with Crippen molar-refractivity contribution in [2.45, 2.75) is 49.6 Å². The molecule has 0 aromatic carbocycles. The molecule has 0 spiro atoms. The summed E-state index contributed by atoms with van der Waals surface area (Å²) >= 11 is 0. The Balaban J connectivity index is 0.00000484. The monoisotopic (exact) mass is 345 g/mol. The van der Waals surface area contributed by atoms with Gasteiger partial charge in [0, 0.05) is 13.5 Å². The van der Waals surface area contributed by atoms with E-state index in [0.29, 0.717) is 0 Å². The number of ether oxygens (including phenoxy) is 2. The van der Waals surface area contributed by atoms with Crippen LogP contribution in [0, 0.1) is 0 Å². The SMILES string of the molecule is CO[C@]1(C(=O)O)C[C@H](O)[C@@H](N=C(C)[O-])[C@H]([C@H](O)[C@H](O)CO)O1.[Na+]. The molecule has 1 fully saturated rings. The zero-order valence-corrected chi connectivity index (χ0v) is 15.1. The Hall–Kier alpha value is -0.300. The van der Waals surface area contributed by atoms with Crippen molar-refractivity contribution in [2.24, 2.45) is 4.99 Å². The largest absolute Gasteiger partial charge is 1.00 e. The van der Waals surface area contributed by atoms with Crippen molar-refractivity contribution in [3.05, 3.63) is 0 Å². The number of aliphatic hydroxyl groups is 4. The van der Waals surface area contributed by atoms with Crippen LogP contribution in [0.5, 0.6) is 0 Å². The van der Waals surface area contributed by atoms with E-state index in [1.54, 1.807) is 0 Å². The van der Waals surface area contributed by atoms with Crippen LogP contribution in [0.2, 0.25) is 0 Å². The van der Waals surface area contributed by atoms with Crippen LogP contribution < -0.4 is 34.7 Å². The normalized spacial score (nSPS) is 34.3. The van der Waals surface area contributed by atoms with Crippen LogP contribution in [-0.2, 0) is 14.3 Å². The van der Waals surface area contributed by atoms with E-state index in [4.69, 9.17) is 14.6 Å². The van der Waals surface area contributed by atoms with Gasteiger partial charge in [-0.25, -0.2) is 4.79 Å². The van der Waals surface area contributed by atoms with Crippen LogP contribution >= 0.6 is 0 Å². The van der Waals surface area contributed by atoms with Gasteiger partial charge in [-0.05, 0) is 12.8 Å². The molecule has 1 aliphatic rings. The number of hydrogen-bond donors (Lipinski definition) is 5. The molecule has 1 heterocycles. The third-order valence-electron chi connectivity index (χ3n) is 3.44. The molecule has 128 valence electrons. The predicted octanol–water partition coefficient (Wildman–Crippen LogP) is -6.57. The van der Waals surface area contributed by atoms with E-state index in [-0.39, 0.29) is 29.6 Å². The molecule has 23 heavy (non-hydrogen) atoms.